The van der Waals surface area contributed by atoms with Crippen molar-refractivity contribution in [3.63, 3.8) is 0 Å². The van der Waals surface area contributed by atoms with Crippen LogP contribution in [0.2, 0.25) is 0 Å². The van der Waals surface area contributed by atoms with Crippen LogP contribution in [0.4, 0.5) is 23.0 Å². The summed E-state index contributed by atoms with van der Waals surface area (Å²) in [6.07, 6.45) is 7.12. The zero-order valence-electron chi connectivity index (χ0n) is 25.7. The summed E-state index contributed by atoms with van der Waals surface area (Å²) in [5.74, 6) is 0.308. The summed E-state index contributed by atoms with van der Waals surface area (Å²) in [7, 11) is 2.21. The van der Waals surface area contributed by atoms with E-state index in [0.717, 1.165) is 57.7 Å². The zero-order valence-corrected chi connectivity index (χ0v) is 25.7. The van der Waals surface area contributed by atoms with Gasteiger partial charge in [0.2, 0.25) is 5.91 Å². The minimum atomic E-state index is -0.624. The van der Waals surface area contributed by atoms with Crippen LogP contribution in [-0.4, -0.2) is 108 Å². The van der Waals surface area contributed by atoms with Crippen molar-refractivity contribution in [2.75, 3.05) is 74.9 Å². The van der Waals surface area contributed by atoms with E-state index in [-0.39, 0.29) is 17.6 Å². The average Bonchev–Trinajstić information content (AvgIpc) is 3.50. The highest BCUT2D eigenvalue weighted by Gasteiger charge is 2.28. The summed E-state index contributed by atoms with van der Waals surface area (Å²) in [4.78, 5) is 43.3. The molecule has 3 fully saturated rings. The summed E-state index contributed by atoms with van der Waals surface area (Å²) < 4.78 is 0. The van der Waals surface area contributed by atoms with Crippen molar-refractivity contribution >= 4 is 34.8 Å². The van der Waals surface area contributed by atoms with E-state index < -0.39 is 5.91 Å². The number of likely N-dealkylation sites (tertiary alicyclic amines) is 1. The highest BCUT2D eigenvalue weighted by molar-refractivity contribution is 5.96. The molecule has 0 saturated carbocycles. The summed E-state index contributed by atoms with van der Waals surface area (Å²) in [6, 6.07) is 9.12. The first-order chi connectivity index (χ1) is 20.9. The second kappa shape index (κ2) is 14.2. The SMILES string of the molecule is C=CC(=O)N1CCC[C@@H]1CCNc1nc(Nc2ccc(N3CCC(N4CCN(C)CC4)CC3)cc2)c(C(N)=O)nc1CC. The van der Waals surface area contributed by atoms with Gasteiger partial charge in [0.15, 0.2) is 11.5 Å². The number of benzene rings is 1. The molecule has 232 valence electrons. The van der Waals surface area contributed by atoms with Crippen molar-refractivity contribution in [2.45, 2.75) is 57.5 Å². The smallest absolute Gasteiger partial charge is 0.271 e. The van der Waals surface area contributed by atoms with Gasteiger partial charge in [-0.1, -0.05) is 13.5 Å². The molecule has 3 saturated heterocycles. The van der Waals surface area contributed by atoms with Crippen LogP contribution in [0.15, 0.2) is 36.9 Å². The van der Waals surface area contributed by atoms with Gasteiger partial charge in [-0.15, -0.1) is 0 Å². The van der Waals surface area contributed by atoms with Crippen LogP contribution in [0.5, 0.6) is 0 Å². The van der Waals surface area contributed by atoms with E-state index in [0.29, 0.717) is 36.3 Å². The summed E-state index contributed by atoms with van der Waals surface area (Å²) in [5, 5.41) is 6.68. The Morgan fingerprint density at radius 1 is 1.00 bits per heavy atom. The Morgan fingerprint density at radius 2 is 1.72 bits per heavy atom. The number of likely N-dealkylation sites (N-methyl/N-ethyl adjacent to an activating group) is 1. The molecule has 2 amide bonds. The molecule has 0 aliphatic carbocycles. The van der Waals surface area contributed by atoms with Crippen molar-refractivity contribution in [1.82, 2.24) is 24.7 Å². The van der Waals surface area contributed by atoms with Crippen molar-refractivity contribution in [3.8, 4) is 0 Å². The largest absolute Gasteiger partial charge is 0.371 e. The third kappa shape index (κ3) is 7.45. The fourth-order valence-electron chi connectivity index (χ4n) is 6.59. The zero-order chi connectivity index (χ0) is 30.3. The third-order valence-electron chi connectivity index (χ3n) is 9.16. The number of amides is 2. The second-order valence-corrected chi connectivity index (χ2v) is 11.9. The lowest BCUT2D eigenvalue weighted by Gasteiger charge is -2.42. The Kier molecular flexibility index (Phi) is 10.1. The van der Waals surface area contributed by atoms with Gasteiger partial charge in [-0.2, -0.15) is 0 Å². The predicted octanol–water partition coefficient (Wildman–Crippen LogP) is 3.08. The number of carbonyl (C=O) groups is 2. The van der Waals surface area contributed by atoms with Crippen LogP contribution in [0.3, 0.4) is 0 Å². The molecule has 0 spiro atoms. The van der Waals surface area contributed by atoms with Gasteiger partial charge >= 0.3 is 0 Å². The number of nitrogens with two attached hydrogens (primary N) is 1. The summed E-state index contributed by atoms with van der Waals surface area (Å²) in [5.41, 5.74) is 8.53. The van der Waals surface area contributed by atoms with Gasteiger partial charge in [0.05, 0.1) is 5.69 Å². The number of hydrogen-bond acceptors (Lipinski definition) is 9. The van der Waals surface area contributed by atoms with Crippen LogP contribution < -0.4 is 21.3 Å². The first-order valence-corrected chi connectivity index (χ1v) is 15.8. The minimum Gasteiger partial charge on any atom is -0.371 e. The molecular weight excluding hydrogens is 542 g/mol. The van der Waals surface area contributed by atoms with Crippen molar-refractivity contribution < 1.29 is 9.59 Å². The van der Waals surface area contributed by atoms with Crippen molar-refractivity contribution in [1.29, 1.82) is 0 Å². The van der Waals surface area contributed by atoms with Crippen LogP contribution in [-0.2, 0) is 11.2 Å². The third-order valence-corrected chi connectivity index (χ3v) is 9.16. The first-order valence-electron chi connectivity index (χ1n) is 15.8. The monoisotopic (exact) mass is 589 g/mol. The molecular formula is C32H47N9O2. The van der Waals surface area contributed by atoms with Gasteiger partial charge in [-0.3, -0.25) is 14.5 Å². The molecule has 3 aliphatic rings. The number of aryl methyl sites for hydroxylation is 1. The maximum absolute atomic E-state index is 12.3. The molecule has 1 aromatic heterocycles. The molecule has 4 heterocycles. The van der Waals surface area contributed by atoms with Gasteiger partial charge < -0.3 is 31.1 Å². The topological polar surface area (TPSA) is 123 Å². The molecule has 1 aromatic carbocycles. The number of nitrogens with one attached hydrogen (secondary N) is 2. The number of nitrogens with zero attached hydrogens (tertiary/aromatic N) is 6. The van der Waals surface area contributed by atoms with Crippen LogP contribution in [0.25, 0.3) is 0 Å². The van der Waals surface area contributed by atoms with E-state index in [9.17, 15) is 9.59 Å². The van der Waals surface area contributed by atoms with Gasteiger partial charge in [0.1, 0.15) is 5.82 Å². The molecule has 5 rings (SSSR count). The fourth-order valence-corrected chi connectivity index (χ4v) is 6.59. The molecule has 0 bridgehead atoms. The minimum absolute atomic E-state index is 0.0185. The summed E-state index contributed by atoms with van der Waals surface area (Å²) >= 11 is 0. The summed E-state index contributed by atoms with van der Waals surface area (Å²) in [6.45, 7) is 13.8. The Bertz CT molecular complexity index is 1270. The lowest BCUT2D eigenvalue weighted by Crippen LogP contribution is -2.52. The standard InChI is InChI=1S/C32H47N9O2/c1-4-27-31(34-15-12-26-7-6-16-41(26)28(42)5-2)37-32(29(36-27)30(33)43)35-23-8-10-24(11-9-23)39-17-13-25(14-18-39)40-21-19-38(3)20-22-40/h5,8-11,25-26H,2,4,6-7,12-22H2,1,3H3,(H2,33,43)(H2,34,35,37)/t26-/m1/s1. The molecule has 43 heavy (non-hydrogen) atoms. The van der Waals surface area contributed by atoms with Crippen LogP contribution in [0, 0.1) is 0 Å². The van der Waals surface area contributed by atoms with Crippen LogP contribution in [0.1, 0.15) is 55.2 Å². The van der Waals surface area contributed by atoms with Gasteiger partial charge in [0.25, 0.3) is 5.91 Å². The van der Waals surface area contributed by atoms with E-state index in [1.165, 1.54) is 37.7 Å². The molecule has 3 aliphatic heterocycles. The van der Waals surface area contributed by atoms with Crippen molar-refractivity contribution in [2.24, 2.45) is 5.73 Å². The number of anilines is 4. The van der Waals surface area contributed by atoms with Crippen LogP contribution >= 0.6 is 0 Å². The normalized spacial score (nSPS) is 20.3. The van der Waals surface area contributed by atoms with E-state index in [1.54, 1.807) is 0 Å². The highest BCUT2D eigenvalue weighted by Crippen LogP contribution is 2.28. The quantitative estimate of drug-likeness (QED) is 0.340. The number of hydrogen-bond donors (Lipinski definition) is 3. The van der Waals surface area contributed by atoms with E-state index >= 15 is 0 Å². The maximum Gasteiger partial charge on any atom is 0.271 e. The van der Waals surface area contributed by atoms with E-state index in [1.807, 2.05) is 24.0 Å². The number of piperazine rings is 1. The lowest BCUT2D eigenvalue weighted by atomic mass is 10.0. The maximum atomic E-state index is 12.3. The molecule has 11 heteroatoms. The molecule has 0 unspecified atom stereocenters. The van der Waals surface area contributed by atoms with E-state index in [2.05, 4.69) is 56.1 Å². The number of carbonyl (C=O) groups excluding carboxylic acids is 2. The van der Waals surface area contributed by atoms with Gasteiger partial charge in [-0.25, -0.2) is 9.97 Å². The molecule has 4 N–H and O–H groups in total. The average molecular weight is 590 g/mol. The Morgan fingerprint density at radius 3 is 2.37 bits per heavy atom. The number of aromatic nitrogens is 2. The Labute approximate surface area is 255 Å². The lowest BCUT2D eigenvalue weighted by molar-refractivity contribution is -0.126. The number of primary amides is 1. The highest BCUT2D eigenvalue weighted by atomic mass is 16.2. The second-order valence-electron chi connectivity index (χ2n) is 11.9. The molecule has 11 nitrogen and oxygen atoms in total. The molecule has 1 atom stereocenters. The number of piperidine rings is 1. The van der Waals surface area contributed by atoms with Gasteiger partial charge in [0, 0.05) is 75.8 Å². The molecule has 2 aromatic rings. The first kappa shape index (κ1) is 30.7. The number of rotatable bonds is 11. The Hall–Kier alpha value is -3.70. The predicted molar refractivity (Wildman–Crippen MR) is 172 cm³/mol. The van der Waals surface area contributed by atoms with Crippen molar-refractivity contribution in [3.05, 3.63) is 48.3 Å². The molecule has 0 radical (unpaired) electrons. The fraction of sp³-hybridized carbons (Fsp3) is 0.562. The Balaban J connectivity index is 1.21. The van der Waals surface area contributed by atoms with E-state index in [4.69, 9.17) is 10.7 Å². The van der Waals surface area contributed by atoms with Gasteiger partial charge in [-0.05, 0) is 75.9 Å².